The van der Waals surface area contributed by atoms with E-state index < -0.39 is 0 Å². The third-order valence-electron chi connectivity index (χ3n) is 4.53. The molecule has 2 unspecified atom stereocenters. The molecule has 0 spiro atoms. The van der Waals surface area contributed by atoms with Gasteiger partial charge < -0.3 is 0 Å². The van der Waals surface area contributed by atoms with Crippen molar-refractivity contribution >= 4 is 0 Å². The highest BCUT2D eigenvalue weighted by Crippen LogP contribution is 2.27. The first kappa shape index (κ1) is 12.9. The molecule has 2 fully saturated rings. The van der Waals surface area contributed by atoms with Crippen molar-refractivity contribution < 1.29 is 0 Å². The predicted molar refractivity (Wildman–Crippen MR) is 69.7 cm³/mol. The van der Waals surface area contributed by atoms with E-state index in [1.807, 2.05) is 0 Å². The summed E-state index contributed by atoms with van der Waals surface area (Å²) in [7, 11) is 2.16. The van der Waals surface area contributed by atoms with Gasteiger partial charge in [-0.3, -0.25) is 9.80 Å². The highest BCUT2D eigenvalue weighted by Gasteiger charge is 2.33. The molecule has 2 atom stereocenters. The molecular formula is C14H25N3. The Bertz CT molecular complexity index is 278. The summed E-state index contributed by atoms with van der Waals surface area (Å²) in [6, 6.07) is 4.22. The molecular weight excluding hydrogens is 210 g/mol. The molecule has 1 aliphatic carbocycles. The van der Waals surface area contributed by atoms with Crippen molar-refractivity contribution in [3.8, 4) is 6.07 Å². The van der Waals surface area contributed by atoms with Gasteiger partial charge >= 0.3 is 0 Å². The molecule has 0 aromatic carbocycles. The van der Waals surface area contributed by atoms with Gasteiger partial charge in [0, 0.05) is 31.2 Å². The first-order chi connectivity index (χ1) is 8.22. The van der Waals surface area contributed by atoms with Crippen LogP contribution in [0.3, 0.4) is 0 Å². The van der Waals surface area contributed by atoms with Crippen LogP contribution in [0.4, 0.5) is 0 Å². The number of nitrogens with zero attached hydrogens (tertiary/aromatic N) is 3. The maximum Gasteiger partial charge on any atom is 0.0638 e. The fourth-order valence-corrected chi connectivity index (χ4v) is 3.48. The van der Waals surface area contributed by atoms with Crippen molar-refractivity contribution in [2.24, 2.45) is 0 Å². The van der Waals surface area contributed by atoms with Crippen LogP contribution < -0.4 is 0 Å². The van der Waals surface area contributed by atoms with Crippen LogP contribution in [0, 0.1) is 11.3 Å². The minimum Gasteiger partial charge on any atom is -0.300 e. The van der Waals surface area contributed by atoms with E-state index in [0.717, 1.165) is 19.1 Å². The smallest absolute Gasteiger partial charge is 0.0638 e. The van der Waals surface area contributed by atoms with Gasteiger partial charge in [0.05, 0.1) is 12.5 Å². The molecule has 0 bridgehead atoms. The second kappa shape index (κ2) is 5.84. The number of rotatable bonds is 2. The third kappa shape index (κ3) is 3.00. The molecule has 0 amide bonds. The monoisotopic (exact) mass is 235 g/mol. The molecule has 1 saturated carbocycles. The normalized spacial score (nSPS) is 33.5. The maximum absolute atomic E-state index is 8.90. The number of piperazine rings is 1. The quantitative estimate of drug-likeness (QED) is 0.735. The lowest BCUT2D eigenvalue weighted by molar-refractivity contribution is 0.0121. The first-order valence-electron chi connectivity index (χ1n) is 7.05. The minimum absolute atomic E-state index is 0.443. The van der Waals surface area contributed by atoms with E-state index in [1.54, 1.807) is 0 Å². The van der Waals surface area contributed by atoms with E-state index in [0.29, 0.717) is 18.5 Å². The molecule has 3 nitrogen and oxygen atoms in total. The standard InChI is InChI=1S/C14H25N3/c1-12-10-16(2)14(8-9-15)11-17(12)13-6-4-3-5-7-13/h12-14H,3-8,10-11H2,1-2H3. The van der Waals surface area contributed by atoms with E-state index in [2.05, 4.69) is 29.8 Å². The Kier molecular flexibility index (Phi) is 4.42. The van der Waals surface area contributed by atoms with Crippen molar-refractivity contribution in [2.45, 2.75) is 63.6 Å². The Balaban J connectivity index is 1.98. The zero-order chi connectivity index (χ0) is 12.3. The molecule has 3 heteroatoms. The minimum atomic E-state index is 0.443. The van der Waals surface area contributed by atoms with Gasteiger partial charge in [0.1, 0.15) is 0 Å². The van der Waals surface area contributed by atoms with E-state index in [9.17, 15) is 0 Å². The molecule has 1 saturated heterocycles. The SMILES string of the molecule is CC1CN(C)C(CC#N)CN1C1CCCCC1. The first-order valence-corrected chi connectivity index (χ1v) is 7.05. The summed E-state index contributed by atoms with van der Waals surface area (Å²) in [6.07, 6.45) is 7.62. The number of nitriles is 1. The van der Waals surface area contributed by atoms with Gasteiger partial charge in [-0.25, -0.2) is 0 Å². The summed E-state index contributed by atoms with van der Waals surface area (Å²) in [5, 5.41) is 8.90. The van der Waals surface area contributed by atoms with E-state index in [4.69, 9.17) is 5.26 Å². The van der Waals surface area contributed by atoms with Crippen LogP contribution in [-0.2, 0) is 0 Å². The summed E-state index contributed by atoms with van der Waals surface area (Å²) in [5.41, 5.74) is 0. The van der Waals surface area contributed by atoms with Crippen LogP contribution in [0.1, 0.15) is 45.4 Å². The topological polar surface area (TPSA) is 30.3 Å². The molecule has 0 N–H and O–H groups in total. The molecule has 0 aromatic rings. The van der Waals surface area contributed by atoms with Crippen LogP contribution in [0.5, 0.6) is 0 Å². The van der Waals surface area contributed by atoms with Crippen molar-refractivity contribution in [3.05, 3.63) is 0 Å². The zero-order valence-corrected chi connectivity index (χ0v) is 11.2. The zero-order valence-electron chi connectivity index (χ0n) is 11.2. The fraction of sp³-hybridized carbons (Fsp3) is 0.929. The summed E-state index contributed by atoms with van der Waals surface area (Å²) >= 11 is 0. The van der Waals surface area contributed by atoms with Gasteiger partial charge in [0.15, 0.2) is 0 Å². The summed E-state index contributed by atoms with van der Waals surface area (Å²) in [6.45, 7) is 4.55. The van der Waals surface area contributed by atoms with Gasteiger partial charge in [0.25, 0.3) is 0 Å². The second-order valence-electron chi connectivity index (χ2n) is 5.79. The lowest BCUT2D eigenvalue weighted by Crippen LogP contribution is -2.59. The molecule has 0 aromatic heterocycles. The summed E-state index contributed by atoms with van der Waals surface area (Å²) in [4.78, 5) is 5.05. The molecule has 1 heterocycles. The Morgan fingerprint density at radius 2 is 1.88 bits per heavy atom. The Morgan fingerprint density at radius 3 is 2.53 bits per heavy atom. The number of likely N-dealkylation sites (N-methyl/N-ethyl adjacent to an activating group) is 1. The van der Waals surface area contributed by atoms with E-state index in [-0.39, 0.29) is 0 Å². The van der Waals surface area contributed by atoms with Crippen LogP contribution in [0.25, 0.3) is 0 Å². The van der Waals surface area contributed by atoms with Crippen LogP contribution in [0.15, 0.2) is 0 Å². The van der Waals surface area contributed by atoms with E-state index >= 15 is 0 Å². The lowest BCUT2D eigenvalue weighted by atomic mass is 9.91. The summed E-state index contributed by atoms with van der Waals surface area (Å²) in [5.74, 6) is 0. The predicted octanol–water partition coefficient (Wildman–Crippen LogP) is 2.24. The van der Waals surface area contributed by atoms with Crippen molar-refractivity contribution in [3.63, 3.8) is 0 Å². The molecule has 2 rings (SSSR count). The highest BCUT2D eigenvalue weighted by molar-refractivity contribution is 4.93. The van der Waals surface area contributed by atoms with Gasteiger partial charge in [-0.2, -0.15) is 5.26 Å². The number of hydrogen-bond acceptors (Lipinski definition) is 3. The fourth-order valence-electron chi connectivity index (χ4n) is 3.48. The molecule has 2 aliphatic rings. The highest BCUT2D eigenvalue weighted by atomic mass is 15.3. The number of hydrogen-bond donors (Lipinski definition) is 0. The second-order valence-corrected chi connectivity index (χ2v) is 5.79. The summed E-state index contributed by atoms with van der Waals surface area (Å²) < 4.78 is 0. The molecule has 96 valence electrons. The van der Waals surface area contributed by atoms with Gasteiger partial charge in [-0.1, -0.05) is 19.3 Å². The molecule has 0 radical (unpaired) electrons. The van der Waals surface area contributed by atoms with Gasteiger partial charge in [-0.05, 0) is 26.8 Å². The van der Waals surface area contributed by atoms with Gasteiger partial charge in [0.2, 0.25) is 0 Å². The van der Waals surface area contributed by atoms with Crippen molar-refractivity contribution in [1.82, 2.24) is 9.80 Å². The van der Waals surface area contributed by atoms with Crippen LogP contribution in [-0.4, -0.2) is 48.1 Å². The average molecular weight is 235 g/mol. The third-order valence-corrected chi connectivity index (χ3v) is 4.53. The average Bonchev–Trinajstić information content (AvgIpc) is 2.34. The Labute approximate surface area is 105 Å². The van der Waals surface area contributed by atoms with Crippen molar-refractivity contribution in [2.75, 3.05) is 20.1 Å². The lowest BCUT2D eigenvalue weighted by Gasteiger charge is -2.47. The Morgan fingerprint density at radius 1 is 1.18 bits per heavy atom. The largest absolute Gasteiger partial charge is 0.300 e. The van der Waals surface area contributed by atoms with Crippen molar-refractivity contribution in [1.29, 1.82) is 5.26 Å². The van der Waals surface area contributed by atoms with E-state index in [1.165, 1.54) is 32.1 Å². The Hall–Kier alpha value is -0.590. The van der Waals surface area contributed by atoms with Crippen LogP contribution in [0.2, 0.25) is 0 Å². The maximum atomic E-state index is 8.90. The molecule has 1 aliphatic heterocycles. The molecule has 17 heavy (non-hydrogen) atoms. The van der Waals surface area contributed by atoms with Crippen LogP contribution >= 0.6 is 0 Å². The van der Waals surface area contributed by atoms with Gasteiger partial charge in [-0.15, -0.1) is 0 Å².